The van der Waals surface area contributed by atoms with Crippen molar-refractivity contribution >= 4 is 12.0 Å². The van der Waals surface area contributed by atoms with Crippen LogP contribution in [0.2, 0.25) is 0 Å². The maximum atomic E-state index is 13.3. The van der Waals surface area contributed by atoms with Crippen LogP contribution in [-0.4, -0.2) is 65.4 Å². The molecule has 1 aromatic carbocycles. The first-order valence-electron chi connectivity index (χ1n) is 13.5. The first-order valence-corrected chi connectivity index (χ1v) is 13.5. The summed E-state index contributed by atoms with van der Waals surface area (Å²) in [6.07, 6.45) is 3.58. The molecule has 0 radical (unpaired) electrons. The number of rotatable bonds is 7. The van der Waals surface area contributed by atoms with Gasteiger partial charge in [0.15, 0.2) is 12.9 Å². The number of benzene rings is 1. The molecule has 2 aliphatic heterocycles. The maximum Gasteiger partial charge on any atom is 0.410 e. The van der Waals surface area contributed by atoms with Gasteiger partial charge < -0.3 is 24.3 Å². The van der Waals surface area contributed by atoms with Crippen LogP contribution < -0.4 is 10.1 Å². The van der Waals surface area contributed by atoms with Crippen molar-refractivity contribution in [1.82, 2.24) is 20.0 Å². The number of nitrogens with zero attached hydrogens (tertiary/aromatic N) is 3. The second kappa shape index (κ2) is 9.57. The van der Waals surface area contributed by atoms with Gasteiger partial charge in [0.1, 0.15) is 22.7 Å². The van der Waals surface area contributed by atoms with Gasteiger partial charge in [-0.15, -0.1) is 0 Å². The lowest BCUT2D eigenvalue weighted by Gasteiger charge is -2.36. The molecule has 2 aromatic rings. The molecule has 2 unspecified atom stereocenters. The van der Waals surface area contributed by atoms with Crippen LogP contribution in [0.3, 0.4) is 0 Å². The summed E-state index contributed by atoms with van der Waals surface area (Å²) >= 11 is 0. The van der Waals surface area contributed by atoms with Gasteiger partial charge >= 0.3 is 6.09 Å². The van der Waals surface area contributed by atoms with Crippen molar-refractivity contribution in [3.05, 3.63) is 40.7 Å². The van der Waals surface area contributed by atoms with Gasteiger partial charge in [-0.1, -0.05) is 6.07 Å². The average Bonchev–Trinajstić information content (AvgIpc) is 3.80. The summed E-state index contributed by atoms with van der Waals surface area (Å²) in [5.41, 5.74) is 3.76. The minimum Gasteiger partial charge on any atom is -0.465 e. The second-order valence-electron chi connectivity index (χ2n) is 11.6. The molecule has 0 bridgehead atoms. The Hall–Kier alpha value is -3.11. The van der Waals surface area contributed by atoms with Crippen LogP contribution in [-0.2, 0) is 25.4 Å². The highest BCUT2D eigenvalue weighted by molar-refractivity contribution is 5.84. The van der Waals surface area contributed by atoms with Crippen LogP contribution in [0.25, 0.3) is 5.69 Å². The first kappa shape index (κ1) is 25.2. The highest BCUT2D eigenvalue weighted by Crippen LogP contribution is 2.45. The Morgan fingerprint density at radius 3 is 2.66 bits per heavy atom. The Kier molecular flexibility index (Phi) is 6.34. The van der Waals surface area contributed by atoms with Gasteiger partial charge in [0.2, 0.25) is 0 Å². The number of methoxy groups -OCH3 is 1. The predicted molar refractivity (Wildman–Crippen MR) is 137 cm³/mol. The van der Waals surface area contributed by atoms with Crippen molar-refractivity contribution in [2.75, 3.05) is 27.0 Å². The van der Waals surface area contributed by atoms with E-state index in [1.165, 1.54) is 18.4 Å². The van der Waals surface area contributed by atoms with Gasteiger partial charge in [0, 0.05) is 32.2 Å². The van der Waals surface area contributed by atoms with E-state index in [0.717, 1.165) is 29.8 Å². The highest BCUT2D eigenvalue weighted by atomic mass is 16.7. The summed E-state index contributed by atoms with van der Waals surface area (Å²) in [5.74, 6) is 1.01. The largest absolute Gasteiger partial charge is 0.465 e. The molecular weight excluding hydrogens is 488 g/mol. The zero-order valence-corrected chi connectivity index (χ0v) is 22.5. The molecule has 204 valence electrons. The van der Waals surface area contributed by atoms with Gasteiger partial charge in [0.05, 0.1) is 17.8 Å². The van der Waals surface area contributed by atoms with Crippen LogP contribution >= 0.6 is 0 Å². The fraction of sp³-hybridized carbons (Fsp3) is 0.607. The third kappa shape index (κ3) is 4.87. The minimum absolute atomic E-state index is 0.0482. The van der Waals surface area contributed by atoms with Crippen LogP contribution in [0, 0.1) is 0 Å². The standard InChI is InChI=1S/C28H36N4O6/c1-28(2,3)38-27(34)31-12-11-20-23-21(31)14-29-26(33)25(37-18-8-9-18)24(23)30-32(20)19-10-7-17(16-5-6-16)13-22(19)36-15-35-4/h7,10,13,16,18,21,25H,5-6,8-9,11-12,14-15H2,1-4H3,(H,29,33). The van der Waals surface area contributed by atoms with E-state index in [2.05, 4.69) is 17.4 Å². The number of hydrogen-bond donors (Lipinski definition) is 1. The molecule has 2 saturated carbocycles. The molecule has 38 heavy (non-hydrogen) atoms. The fourth-order valence-corrected chi connectivity index (χ4v) is 5.32. The van der Waals surface area contributed by atoms with E-state index in [1.54, 1.807) is 12.0 Å². The Labute approximate surface area is 222 Å². The molecule has 2 aliphatic carbocycles. The van der Waals surface area contributed by atoms with Crippen molar-refractivity contribution < 1.29 is 28.5 Å². The van der Waals surface area contributed by atoms with E-state index in [-0.39, 0.29) is 25.3 Å². The molecule has 6 rings (SSSR count). The van der Waals surface area contributed by atoms with Gasteiger partial charge in [-0.25, -0.2) is 9.48 Å². The van der Waals surface area contributed by atoms with Crippen molar-refractivity contribution in [2.24, 2.45) is 0 Å². The van der Waals surface area contributed by atoms with E-state index in [1.807, 2.05) is 31.5 Å². The van der Waals surface area contributed by atoms with Crippen molar-refractivity contribution in [3.63, 3.8) is 0 Å². The predicted octanol–water partition coefficient (Wildman–Crippen LogP) is 3.92. The number of carbonyl (C=O) groups excluding carboxylic acids is 2. The summed E-state index contributed by atoms with van der Waals surface area (Å²) in [5, 5.41) is 8.01. The Bertz CT molecular complexity index is 1240. The van der Waals surface area contributed by atoms with E-state index >= 15 is 0 Å². The molecule has 2 amide bonds. The zero-order valence-electron chi connectivity index (χ0n) is 22.5. The number of aromatic nitrogens is 2. The molecule has 10 nitrogen and oxygen atoms in total. The van der Waals surface area contributed by atoms with Gasteiger partial charge in [-0.3, -0.25) is 9.69 Å². The summed E-state index contributed by atoms with van der Waals surface area (Å²) in [6.45, 7) is 6.38. The number of carbonyl (C=O) groups is 2. The third-order valence-electron chi connectivity index (χ3n) is 7.38. The molecule has 2 atom stereocenters. The van der Waals surface area contributed by atoms with Crippen molar-refractivity contribution in [1.29, 1.82) is 0 Å². The van der Waals surface area contributed by atoms with E-state index < -0.39 is 23.8 Å². The van der Waals surface area contributed by atoms with E-state index in [4.69, 9.17) is 24.0 Å². The second-order valence-corrected chi connectivity index (χ2v) is 11.6. The minimum atomic E-state index is -0.838. The molecule has 10 heteroatoms. The maximum absolute atomic E-state index is 13.3. The summed E-state index contributed by atoms with van der Waals surface area (Å²) in [7, 11) is 1.60. The van der Waals surface area contributed by atoms with Gasteiger partial charge in [0.25, 0.3) is 5.91 Å². The fourth-order valence-electron chi connectivity index (χ4n) is 5.32. The number of ether oxygens (including phenoxy) is 4. The zero-order chi connectivity index (χ0) is 26.6. The summed E-state index contributed by atoms with van der Waals surface area (Å²) in [4.78, 5) is 28.2. The lowest BCUT2D eigenvalue weighted by Crippen LogP contribution is -2.46. The molecule has 0 spiro atoms. The smallest absolute Gasteiger partial charge is 0.410 e. The average molecular weight is 525 g/mol. The molecule has 1 aromatic heterocycles. The number of hydrogen-bond acceptors (Lipinski definition) is 7. The normalized spacial score (nSPS) is 22.9. The summed E-state index contributed by atoms with van der Waals surface area (Å²) in [6, 6.07) is 5.82. The SMILES string of the molecule is COCOc1cc(C2CC2)ccc1-n1nc2c3c1CCN(C(=O)OC(C)(C)C)C3CNC(=O)C2OC1CC1. The molecule has 0 saturated heterocycles. The molecule has 1 N–H and O–H groups in total. The molecule has 2 fully saturated rings. The Balaban J connectivity index is 1.46. The van der Waals surface area contributed by atoms with Gasteiger partial charge in [-0.05, 0) is 70.1 Å². The Morgan fingerprint density at radius 2 is 1.97 bits per heavy atom. The van der Waals surface area contributed by atoms with Crippen LogP contribution in [0.4, 0.5) is 4.79 Å². The van der Waals surface area contributed by atoms with Crippen LogP contribution in [0.15, 0.2) is 18.2 Å². The molecule has 4 aliphatic rings. The topological polar surface area (TPSA) is 104 Å². The van der Waals surface area contributed by atoms with Crippen molar-refractivity contribution in [2.45, 2.75) is 82.6 Å². The monoisotopic (exact) mass is 524 g/mol. The lowest BCUT2D eigenvalue weighted by molar-refractivity contribution is -0.134. The van der Waals surface area contributed by atoms with Crippen LogP contribution in [0.5, 0.6) is 5.75 Å². The van der Waals surface area contributed by atoms with E-state index in [9.17, 15) is 9.59 Å². The third-order valence-corrected chi connectivity index (χ3v) is 7.38. The molecular formula is C28H36N4O6. The molecule has 3 heterocycles. The summed E-state index contributed by atoms with van der Waals surface area (Å²) < 4.78 is 25.1. The van der Waals surface area contributed by atoms with E-state index in [0.29, 0.717) is 30.3 Å². The quantitative estimate of drug-likeness (QED) is 0.548. The highest BCUT2D eigenvalue weighted by Gasteiger charge is 2.45. The number of amides is 2. The Morgan fingerprint density at radius 1 is 1.18 bits per heavy atom. The first-order chi connectivity index (χ1) is 18.2. The van der Waals surface area contributed by atoms with Crippen molar-refractivity contribution in [3.8, 4) is 11.4 Å². The lowest BCUT2D eigenvalue weighted by atomic mass is 9.95. The van der Waals surface area contributed by atoms with Gasteiger partial charge in [-0.2, -0.15) is 5.10 Å². The van der Waals surface area contributed by atoms with Crippen LogP contribution in [0.1, 0.15) is 87.0 Å². The number of nitrogens with one attached hydrogen (secondary N) is 1.